The monoisotopic (exact) mass is 284 g/mol. The third-order valence-corrected chi connectivity index (χ3v) is 3.67. The number of hydrogen-bond donors (Lipinski definition) is 1. The van der Waals surface area contributed by atoms with E-state index in [0.29, 0.717) is 5.88 Å². The summed E-state index contributed by atoms with van der Waals surface area (Å²) < 4.78 is 5.06. The number of hydrogen-bond acceptors (Lipinski definition) is 3. The molecule has 2 rings (SSSR count). The molecule has 3 nitrogen and oxygen atoms in total. The summed E-state index contributed by atoms with van der Waals surface area (Å²) in [6, 6.07) is 12.4. The van der Waals surface area contributed by atoms with E-state index in [2.05, 4.69) is 50.0 Å². The molecule has 0 bridgehead atoms. The second-order valence-electron chi connectivity index (χ2n) is 6.39. The molecule has 1 heterocycles. The van der Waals surface area contributed by atoms with Crippen LogP contribution in [0.1, 0.15) is 43.5 Å². The second kappa shape index (κ2) is 6.27. The van der Waals surface area contributed by atoms with E-state index in [1.165, 1.54) is 5.56 Å². The number of aromatic nitrogens is 1. The summed E-state index contributed by atoms with van der Waals surface area (Å²) >= 11 is 0. The van der Waals surface area contributed by atoms with E-state index < -0.39 is 0 Å². The molecule has 2 N–H and O–H groups in total. The fourth-order valence-electron chi connectivity index (χ4n) is 2.25. The number of nitrogens with zero attached hydrogens (tertiary/aromatic N) is 1. The summed E-state index contributed by atoms with van der Waals surface area (Å²) in [4.78, 5) is 4.21. The van der Waals surface area contributed by atoms with Gasteiger partial charge in [0.15, 0.2) is 0 Å². The minimum absolute atomic E-state index is 0.0192. The van der Waals surface area contributed by atoms with Crippen molar-refractivity contribution in [1.29, 1.82) is 0 Å². The molecule has 2 aromatic rings. The average molecular weight is 284 g/mol. The number of rotatable bonds is 4. The minimum Gasteiger partial charge on any atom is -0.481 e. The molecule has 1 aromatic carbocycles. The van der Waals surface area contributed by atoms with Crippen molar-refractivity contribution in [2.75, 3.05) is 7.11 Å². The van der Waals surface area contributed by atoms with Gasteiger partial charge >= 0.3 is 0 Å². The van der Waals surface area contributed by atoms with Crippen LogP contribution in [-0.2, 0) is 11.8 Å². The van der Waals surface area contributed by atoms with Crippen molar-refractivity contribution in [2.45, 2.75) is 38.6 Å². The van der Waals surface area contributed by atoms with Gasteiger partial charge in [0.2, 0.25) is 5.88 Å². The highest BCUT2D eigenvalue weighted by Gasteiger charge is 2.14. The SMILES string of the molecule is COc1ccc(CC(N)c2ccc(C(C)(C)C)cc2)cn1. The molecule has 0 spiro atoms. The van der Waals surface area contributed by atoms with Gasteiger partial charge in [0.05, 0.1) is 7.11 Å². The topological polar surface area (TPSA) is 48.1 Å². The third-order valence-electron chi connectivity index (χ3n) is 3.67. The van der Waals surface area contributed by atoms with Crippen molar-refractivity contribution in [3.63, 3.8) is 0 Å². The fourth-order valence-corrected chi connectivity index (χ4v) is 2.25. The van der Waals surface area contributed by atoms with Gasteiger partial charge in [-0.2, -0.15) is 0 Å². The molecule has 0 saturated heterocycles. The van der Waals surface area contributed by atoms with Crippen LogP contribution in [-0.4, -0.2) is 12.1 Å². The molecule has 0 radical (unpaired) electrons. The first-order valence-electron chi connectivity index (χ1n) is 7.25. The summed E-state index contributed by atoms with van der Waals surface area (Å²) in [6.07, 6.45) is 2.59. The van der Waals surface area contributed by atoms with Gasteiger partial charge in [-0.1, -0.05) is 51.1 Å². The van der Waals surface area contributed by atoms with Crippen molar-refractivity contribution >= 4 is 0 Å². The maximum atomic E-state index is 6.30. The van der Waals surface area contributed by atoms with Gasteiger partial charge in [0.1, 0.15) is 0 Å². The lowest BCUT2D eigenvalue weighted by molar-refractivity contribution is 0.397. The maximum Gasteiger partial charge on any atom is 0.212 e. The molecule has 1 atom stereocenters. The summed E-state index contributed by atoms with van der Waals surface area (Å²) in [6.45, 7) is 6.64. The zero-order chi connectivity index (χ0) is 15.5. The van der Waals surface area contributed by atoms with E-state index in [-0.39, 0.29) is 11.5 Å². The molecule has 0 aliphatic heterocycles. The first kappa shape index (κ1) is 15.5. The summed E-state index contributed by atoms with van der Waals surface area (Å²) in [5.41, 5.74) is 10.1. The fraction of sp³-hybridized carbons (Fsp3) is 0.389. The number of pyridine rings is 1. The Morgan fingerprint density at radius 1 is 1.10 bits per heavy atom. The van der Waals surface area contributed by atoms with Crippen LogP contribution in [0.2, 0.25) is 0 Å². The normalized spacial score (nSPS) is 13.0. The van der Waals surface area contributed by atoms with E-state index in [4.69, 9.17) is 10.5 Å². The van der Waals surface area contributed by atoms with Gasteiger partial charge in [0, 0.05) is 18.3 Å². The number of ether oxygens (including phenoxy) is 1. The Morgan fingerprint density at radius 3 is 2.24 bits per heavy atom. The van der Waals surface area contributed by atoms with Crippen LogP contribution in [0.5, 0.6) is 5.88 Å². The standard InChI is InChI=1S/C18H24N2O/c1-18(2,3)15-8-6-14(7-9-15)16(19)11-13-5-10-17(21-4)20-12-13/h5-10,12,16H,11,19H2,1-4H3. The molecule has 0 aliphatic carbocycles. The molecule has 3 heteroatoms. The van der Waals surface area contributed by atoms with Crippen molar-refractivity contribution in [2.24, 2.45) is 5.73 Å². The van der Waals surface area contributed by atoms with Crippen LogP contribution >= 0.6 is 0 Å². The Labute approximate surface area is 127 Å². The highest BCUT2D eigenvalue weighted by molar-refractivity contribution is 5.30. The quantitative estimate of drug-likeness (QED) is 0.932. The molecule has 0 amide bonds. The number of nitrogens with two attached hydrogens (primary N) is 1. The van der Waals surface area contributed by atoms with E-state index in [0.717, 1.165) is 17.5 Å². The summed E-state index contributed by atoms with van der Waals surface area (Å²) in [5, 5.41) is 0. The van der Waals surface area contributed by atoms with Crippen molar-refractivity contribution in [3.8, 4) is 5.88 Å². The highest BCUT2D eigenvalue weighted by Crippen LogP contribution is 2.24. The maximum absolute atomic E-state index is 6.30. The minimum atomic E-state index is -0.0192. The van der Waals surface area contributed by atoms with Crippen LogP contribution in [0.4, 0.5) is 0 Å². The van der Waals surface area contributed by atoms with Crippen LogP contribution in [0.3, 0.4) is 0 Å². The lowest BCUT2D eigenvalue weighted by atomic mass is 9.86. The van der Waals surface area contributed by atoms with Gasteiger partial charge in [-0.3, -0.25) is 0 Å². The van der Waals surface area contributed by atoms with Crippen molar-refractivity contribution < 1.29 is 4.74 Å². The molecule has 0 fully saturated rings. The number of benzene rings is 1. The largest absolute Gasteiger partial charge is 0.481 e. The van der Waals surface area contributed by atoms with Crippen LogP contribution in [0, 0.1) is 0 Å². The zero-order valence-electron chi connectivity index (χ0n) is 13.3. The highest BCUT2D eigenvalue weighted by atomic mass is 16.5. The van der Waals surface area contributed by atoms with Gasteiger partial charge in [0.25, 0.3) is 0 Å². The molecular weight excluding hydrogens is 260 g/mol. The first-order valence-corrected chi connectivity index (χ1v) is 7.25. The van der Waals surface area contributed by atoms with E-state index in [1.807, 2.05) is 18.3 Å². The molecular formula is C18H24N2O. The molecule has 1 unspecified atom stereocenters. The number of methoxy groups -OCH3 is 1. The Morgan fingerprint density at radius 2 is 1.76 bits per heavy atom. The van der Waals surface area contributed by atoms with Gasteiger partial charge in [-0.25, -0.2) is 4.98 Å². The average Bonchev–Trinajstić information content (AvgIpc) is 2.47. The predicted molar refractivity (Wildman–Crippen MR) is 86.6 cm³/mol. The molecule has 1 aromatic heterocycles. The molecule has 0 saturated carbocycles. The van der Waals surface area contributed by atoms with Gasteiger partial charge in [-0.05, 0) is 28.5 Å². The van der Waals surface area contributed by atoms with E-state index in [9.17, 15) is 0 Å². The van der Waals surface area contributed by atoms with Crippen molar-refractivity contribution in [3.05, 3.63) is 59.3 Å². The Kier molecular flexibility index (Phi) is 4.63. The molecule has 21 heavy (non-hydrogen) atoms. The molecule has 0 aliphatic rings. The third kappa shape index (κ3) is 4.05. The van der Waals surface area contributed by atoms with Crippen molar-refractivity contribution in [1.82, 2.24) is 4.98 Å². The van der Waals surface area contributed by atoms with Gasteiger partial charge < -0.3 is 10.5 Å². The lowest BCUT2D eigenvalue weighted by Gasteiger charge is -2.20. The lowest BCUT2D eigenvalue weighted by Crippen LogP contribution is -2.15. The zero-order valence-corrected chi connectivity index (χ0v) is 13.3. The smallest absolute Gasteiger partial charge is 0.212 e. The van der Waals surface area contributed by atoms with E-state index >= 15 is 0 Å². The Bertz CT molecular complexity index is 568. The molecule has 112 valence electrons. The van der Waals surface area contributed by atoms with Gasteiger partial charge in [-0.15, -0.1) is 0 Å². The van der Waals surface area contributed by atoms with E-state index in [1.54, 1.807) is 7.11 Å². The van der Waals surface area contributed by atoms with Crippen LogP contribution in [0.25, 0.3) is 0 Å². The summed E-state index contributed by atoms with van der Waals surface area (Å²) in [5.74, 6) is 0.627. The first-order chi connectivity index (χ1) is 9.90. The predicted octanol–water partition coefficient (Wildman–Crippen LogP) is 3.63. The van der Waals surface area contributed by atoms with Crippen LogP contribution in [0.15, 0.2) is 42.6 Å². The van der Waals surface area contributed by atoms with Crippen LogP contribution < -0.4 is 10.5 Å². The Hall–Kier alpha value is -1.87. The summed E-state index contributed by atoms with van der Waals surface area (Å²) in [7, 11) is 1.62. The Balaban J connectivity index is 2.07. The second-order valence-corrected chi connectivity index (χ2v) is 6.39.